The Balaban J connectivity index is 3.11. The summed E-state index contributed by atoms with van der Waals surface area (Å²) >= 11 is 0. The largest absolute Gasteiger partial charge is 0.396 e. The topological polar surface area (TPSA) is 88.3 Å². The number of hydrogen-bond acceptors (Lipinski definition) is 5. The van der Waals surface area contributed by atoms with Crippen molar-refractivity contribution in [3.05, 3.63) is 18.3 Å². The van der Waals surface area contributed by atoms with Crippen LogP contribution in [0.4, 0.5) is 5.69 Å². The predicted octanol–water partition coefficient (Wildman–Crippen LogP) is -0.581. The SMILES string of the molecule is CN(C)NS(=O)(=O)c1ncccc1N. The summed E-state index contributed by atoms with van der Waals surface area (Å²) in [5.74, 6) is 0. The van der Waals surface area contributed by atoms with Gasteiger partial charge in [0.2, 0.25) is 0 Å². The zero-order chi connectivity index (χ0) is 10.8. The van der Waals surface area contributed by atoms with E-state index in [1.165, 1.54) is 17.3 Å². The van der Waals surface area contributed by atoms with E-state index in [4.69, 9.17) is 5.73 Å². The van der Waals surface area contributed by atoms with Gasteiger partial charge in [0.15, 0.2) is 5.03 Å². The van der Waals surface area contributed by atoms with Crippen LogP contribution in [-0.4, -0.2) is 32.5 Å². The fourth-order valence-corrected chi connectivity index (χ4v) is 2.06. The maximum absolute atomic E-state index is 11.6. The highest BCUT2D eigenvalue weighted by Gasteiger charge is 2.18. The predicted molar refractivity (Wildman–Crippen MR) is 52.7 cm³/mol. The van der Waals surface area contributed by atoms with Gasteiger partial charge in [0, 0.05) is 20.3 Å². The Morgan fingerprint density at radius 2 is 2.14 bits per heavy atom. The van der Waals surface area contributed by atoms with Gasteiger partial charge in [-0.2, -0.15) is 0 Å². The van der Waals surface area contributed by atoms with Gasteiger partial charge in [-0.3, -0.25) is 0 Å². The van der Waals surface area contributed by atoms with Gasteiger partial charge in [-0.05, 0) is 12.1 Å². The maximum Gasteiger partial charge on any atom is 0.272 e. The number of rotatable bonds is 3. The Hall–Kier alpha value is -1.18. The lowest BCUT2D eigenvalue weighted by atomic mass is 10.4. The molecule has 78 valence electrons. The van der Waals surface area contributed by atoms with E-state index in [0.29, 0.717) is 0 Å². The van der Waals surface area contributed by atoms with Crippen LogP contribution >= 0.6 is 0 Å². The van der Waals surface area contributed by atoms with E-state index in [1.807, 2.05) is 0 Å². The van der Waals surface area contributed by atoms with Crippen LogP contribution in [-0.2, 0) is 10.0 Å². The molecule has 0 atom stereocenters. The second kappa shape index (κ2) is 3.91. The summed E-state index contributed by atoms with van der Waals surface area (Å²) < 4.78 is 23.1. The zero-order valence-electron chi connectivity index (χ0n) is 7.93. The highest BCUT2D eigenvalue weighted by atomic mass is 32.2. The van der Waals surface area contributed by atoms with Crippen molar-refractivity contribution < 1.29 is 8.42 Å². The minimum absolute atomic E-state index is 0.127. The van der Waals surface area contributed by atoms with Gasteiger partial charge in [0.05, 0.1) is 5.69 Å². The molecule has 0 saturated heterocycles. The molecule has 0 amide bonds. The molecule has 7 heteroatoms. The number of aromatic nitrogens is 1. The Morgan fingerprint density at radius 3 is 2.64 bits per heavy atom. The minimum Gasteiger partial charge on any atom is -0.396 e. The fraction of sp³-hybridized carbons (Fsp3) is 0.286. The quantitative estimate of drug-likeness (QED) is 0.660. The van der Waals surface area contributed by atoms with E-state index in [2.05, 4.69) is 9.82 Å². The molecular formula is C7H12N4O2S. The van der Waals surface area contributed by atoms with Gasteiger partial charge in [-0.15, -0.1) is 4.83 Å². The molecule has 1 aromatic rings. The molecule has 6 nitrogen and oxygen atoms in total. The number of anilines is 1. The van der Waals surface area contributed by atoms with Crippen molar-refractivity contribution in [2.75, 3.05) is 19.8 Å². The van der Waals surface area contributed by atoms with Crippen molar-refractivity contribution in [1.29, 1.82) is 0 Å². The highest BCUT2D eigenvalue weighted by molar-refractivity contribution is 7.89. The number of hydrazine groups is 1. The number of hydrogen-bond donors (Lipinski definition) is 2. The van der Waals surface area contributed by atoms with Crippen LogP contribution in [0.25, 0.3) is 0 Å². The number of nitrogens with two attached hydrogens (primary N) is 1. The normalized spacial score (nSPS) is 11.9. The number of sulfonamides is 1. The number of pyridine rings is 1. The van der Waals surface area contributed by atoms with Gasteiger partial charge in [-0.25, -0.2) is 18.4 Å². The summed E-state index contributed by atoms with van der Waals surface area (Å²) in [4.78, 5) is 5.94. The third-order valence-electron chi connectivity index (χ3n) is 1.36. The zero-order valence-corrected chi connectivity index (χ0v) is 8.75. The molecule has 1 rings (SSSR count). The number of nitrogens with zero attached hydrogens (tertiary/aromatic N) is 2. The van der Waals surface area contributed by atoms with Crippen molar-refractivity contribution in [3.63, 3.8) is 0 Å². The second-order valence-corrected chi connectivity index (χ2v) is 4.46. The van der Waals surface area contributed by atoms with Gasteiger partial charge >= 0.3 is 0 Å². The van der Waals surface area contributed by atoms with Crippen LogP contribution in [0.15, 0.2) is 23.4 Å². The van der Waals surface area contributed by atoms with Crippen LogP contribution < -0.4 is 10.6 Å². The molecular weight excluding hydrogens is 204 g/mol. The Bertz CT molecular complexity index is 415. The Labute approximate surface area is 82.8 Å². The van der Waals surface area contributed by atoms with E-state index in [1.54, 1.807) is 20.2 Å². The van der Waals surface area contributed by atoms with Gasteiger partial charge in [-0.1, -0.05) is 0 Å². The summed E-state index contributed by atoms with van der Waals surface area (Å²) in [7, 11) is -0.518. The van der Waals surface area contributed by atoms with Crippen LogP contribution in [0.3, 0.4) is 0 Å². The third-order valence-corrected chi connectivity index (χ3v) is 2.81. The van der Waals surface area contributed by atoms with E-state index in [9.17, 15) is 8.42 Å². The summed E-state index contributed by atoms with van der Waals surface area (Å²) in [6.45, 7) is 0. The fourth-order valence-electron chi connectivity index (χ4n) is 0.911. The summed E-state index contributed by atoms with van der Waals surface area (Å²) in [6.07, 6.45) is 1.38. The second-order valence-electron chi connectivity index (χ2n) is 2.89. The van der Waals surface area contributed by atoms with E-state index >= 15 is 0 Å². The molecule has 0 radical (unpaired) electrons. The Kier molecular flexibility index (Phi) is 3.04. The van der Waals surface area contributed by atoms with E-state index in [0.717, 1.165) is 0 Å². The average molecular weight is 216 g/mol. The molecule has 0 unspecified atom stereocenters. The molecule has 0 bridgehead atoms. The van der Waals surface area contributed by atoms with Crippen LogP contribution in [0.5, 0.6) is 0 Å². The molecule has 0 aliphatic heterocycles. The van der Waals surface area contributed by atoms with Crippen molar-refractivity contribution in [1.82, 2.24) is 14.8 Å². The number of nitrogens with one attached hydrogen (secondary N) is 1. The van der Waals surface area contributed by atoms with Gasteiger partial charge in [0.25, 0.3) is 10.0 Å². The molecule has 0 spiro atoms. The lowest BCUT2D eigenvalue weighted by Crippen LogP contribution is -2.36. The molecule has 0 fully saturated rings. The van der Waals surface area contributed by atoms with Crippen molar-refractivity contribution >= 4 is 15.7 Å². The summed E-state index contributed by atoms with van der Waals surface area (Å²) in [5, 5.41) is 1.15. The molecule has 0 aliphatic rings. The molecule has 0 aliphatic carbocycles. The lowest BCUT2D eigenvalue weighted by molar-refractivity contribution is 0.363. The molecule has 0 saturated carbocycles. The molecule has 14 heavy (non-hydrogen) atoms. The first-order valence-corrected chi connectivity index (χ1v) is 5.32. The van der Waals surface area contributed by atoms with Crippen LogP contribution in [0.1, 0.15) is 0 Å². The van der Waals surface area contributed by atoms with Crippen LogP contribution in [0.2, 0.25) is 0 Å². The molecule has 3 N–H and O–H groups in total. The first kappa shape index (κ1) is 10.9. The Morgan fingerprint density at radius 1 is 1.50 bits per heavy atom. The molecule has 0 aromatic carbocycles. The minimum atomic E-state index is -3.65. The van der Waals surface area contributed by atoms with Gasteiger partial charge < -0.3 is 5.73 Å². The average Bonchev–Trinajstić information content (AvgIpc) is 2.02. The van der Waals surface area contributed by atoms with Gasteiger partial charge in [0.1, 0.15) is 0 Å². The first-order valence-electron chi connectivity index (χ1n) is 3.84. The standard InChI is InChI=1S/C7H12N4O2S/c1-11(2)10-14(12,13)7-6(8)4-3-5-9-7/h3-5,10H,8H2,1-2H3. The third kappa shape index (κ3) is 2.41. The van der Waals surface area contributed by atoms with Crippen molar-refractivity contribution in [2.45, 2.75) is 5.03 Å². The molecule has 1 heterocycles. The van der Waals surface area contributed by atoms with Crippen LogP contribution in [0, 0.1) is 0 Å². The highest BCUT2D eigenvalue weighted by Crippen LogP contribution is 2.13. The van der Waals surface area contributed by atoms with E-state index in [-0.39, 0.29) is 10.7 Å². The smallest absolute Gasteiger partial charge is 0.272 e. The number of nitrogen functional groups attached to an aromatic ring is 1. The van der Waals surface area contributed by atoms with Crippen molar-refractivity contribution in [3.8, 4) is 0 Å². The lowest BCUT2D eigenvalue weighted by Gasteiger charge is -2.12. The monoisotopic (exact) mass is 216 g/mol. The van der Waals surface area contributed by atoms with E-state index < -0.39 is 10.0 Å². The molecule has 1 aromatic heterocycles. The van der Waals surface area contributed by atoms with Crippen molar-refractivity contribution in [2.24, 2.45) is 0 Å². The summed E-state index contributed by atoms with van der Waals surface area (Å²) in [5.41, 5.74) is 5.61. The first-order chi connectivity index (χ1) is 6.43. The summed E-state index contributed by atoms with van der Waals surface area (Å²) in [6, 6.07) is 3.06. The maximum atomic E-state index is 11.6.